The van der Waals surface area contributed by atoms with Gasteiger partial charge in [0.2, 0.25) is 0 Å². The zero-order chi connectivity index (χ0) is 10.4. The molecule has 0 spiro atoms. The summed E-state index contributed by atoms with van der Waals surface area (Å²) in [6.45, 7) is 6.28. The van der Waals surface area contributed by atoms with Crippen LogP contribution in [0.15, 0.2) is 18.2 Å². The Kier molecular flexibility index (Phi) is 4.99. The normalized spacial score (nSPS) is 10.5. The third kappa shape index (κ3) is 3.32. The number of benzene rings is 1. The molecule has 1 nitrogen and oxygen atoms in total. The number of hydrogen-bond donors (Lipinski definition) is 1. The van der Waals surface area contributed by atoms with Crippen LogP contribution in [-0.4, -0.2) is 6.54 Å². The van der Waals surface area contributed by atoms with Crippen LogP contribution in [0.2, 0.25) is 5.02 Å². The number of rotatable bonds is 5. The van der Waals surface area contributed by atoms with E-state index in [0.29, 0.717) is 0 Å². The van der Waals surface area contributed by atoms with Crippen molar-refractivity contribution >= 4 is 11.6 Å². The van der Waals surface area contributed by atoms with Crippen molar-refractivity contribution in [2.24, 2.45) is 0 Å². The minimum Gasteiger partial charge on any atom is -0.313 e. The van der Waals surface area contributed by atoms with Crippen molar-refractivity contribution in [1.29, 1.82) is 0 Å². The van der Waals surface area contributed by atoms with Gasteiger partial charge in [-0.1, -0.05) is 37.1 Å². The fourth-order valence-electron chi connectivity index (χ4n) is 1.37. The van der Waals surface area contributed by atoms with Crippen LogP contribution in [0, 0.1) is 6.92 Å². The standard InChI is InChI=1S/C12H18ClN/c1-3-4-8-14-9-11-6-5-7-12(13)10(11)2/h5-7,14H,3-4,8-9H2,1-2H3. The van der Waals surface area contributed by atoms with Crippen molar-refractivity contribution in [3.05, 3.63) is 34.3 Å². The maximum atomic E-state index is 6.03. The average molecular weight is 212 g/mol. The minimum atomic E-state index is 0.861. The summed E-state index contributed by atoms with van der Waals surface area (Å²) in [7, 11) is 0. The van der Waals surface area contributed by atoms with Crippen molar-refractivity contribution in [3.8, 4) is 0 Å². The Hall–Kier alpha value is -0.530. The van der Waals surface area contributed by atoms with Gasteiger partial charge >= 0.3 is 0 Å². The van der Waals surface area contributed by atoms with Gasteiger partial charge in [-0.05, 0) is 37.1 Å². The van der Waals surface area contributed by atoms with Gasteiger partial charge in [-0.15, -0.1) is 0 Å². The zero-order valence-corrected chi connectivity index (χ0v) is 9.69. The van der Waals surface area contributed by atoms with E-state index in [4.69, 9.17) is 11.6 Å². The first-order chi connectivity index (χ1) is 6.75. The monoisotopic (exact) mass is 211 g/mol. The molecule has 0 heterocycles. The van der Waals surface area contributed by atoms with Crippen molar-refractivity contribution in [3.63, 3.8) is 0 Å². The summed E-state index contributed by atoms with van der Waals surface area (Å²) in [5.41, 5.74) is 2.49. The number of nitrogens with one attached hydrogen (secondary N) is 1. The van der Waals surface area contributed by atoms with Crippen molar-refractivity contribution in [2.75, 3.05) is 6.54 Å². The molecule has 0 unspecified atom stereocenters. The van der Waals surface area contributed by atoms with Crippen LogP contribution in [0.1, 0.15) is 30.9 Å². The van der Waals surface area contributed by atoms with Crippen molar-refractivity contribution in [1.82, 2.24) is 5.32 Å². The summed E-state index contributed by atoms with van der Waals surface area (Å²) in [5, 5.41) is 4.27. The third-order valence-corrected chi connectivity index (χ3v) is 2.81. The lowest BCUT2D eigenvalue weighted by Crippen LogP contribution is -2.15. The molecule has 0 aromatic heterocycles. The van der Waals surface area contributed by atoms with Gasteiger partial charge in [0.15, 0.2) is 0 Å². The average Bonchev–Trinajstić information content (AvgIpc) is 2.19. The smallest absolute Gasteiger partial charge is 0.0438 e. The summed E-state index contributed by atoms with van der Waals surface area (Å²) in [6, 6.07) is 6.07. The highest BCUT2D eigenvalue weighted by Gasteiger charge is 2.00. The molecule has 1 rings (SSSR count). The molecule has 2 heteroatoms. The maximum absolute atomic E-state index is 6.03. The molecule has 0 radical (unpaired) electrons. The lowest BCUT2D eigenvalue weighted by atomic mass is 10.1. The van der Waals surface area contributed by atoms with Crippen LogP contribution in [0.5, 0.6) is 0 Å². The molecule has 78 valence electrons. The Morgan fingerprint density at radius 3 is 2.86 bits per heavy atom. The van der Waals surface area contributed by atoms with E-state index < -0.39 is 0 Å². The molecule has 0 fully saturated rings. The van der Waals surface area contributed by atoms with Gasteiger partial charge in [-0.2, -0.15) is 0 Å². The predicted molar refractivity (Wildman–Crippen MR) is 62.8 cm³/mol. The fraction of sp³-hybridized carbons (Fsp3) is 0.500. The molecule has 0 bridgehead atoms. The molecule has 0 aliphatic carbocycles. The van der Waals surface area contributed by atoms with Crippen molar-refractivity contribution in [2.45, 2.75) is 33.2 Å². The topological polar surface area (TPSA) is 12.0 Å². The highest BCUT2D eigenvalue weighted by molar-refractivity contribution is 6.31. The van der Waals surface area contributed by atoms with Gasteiger partial charge in [-0.25, -0.2) is 0 Å². The van der Waals surface area contributed by atoms with Gasteiger partial charge in [0.05, 0.1) is 0 Å². The van der Waals surface area contributed by atoms with E-state index in [1.165, 1.54) is 24.0 Å². The summed E-state index contributed by atoms with van der Waals surface area (Å²) < 4.78 is 0. The second-order valence-corrected chi connectivity index (χ2v) is 3.96. The highest BCUT2D eigenvalue weighted by atomic mass is 35.5. The molecule has 1 aromatic rings. The maximum Gasteiger partial charge on any atom is 0.0438 e. The Morgan fingerprint density at radius 2 is 2.14 bits per heavy atom. The molecule has 0 atom stereocenters. The molecule has 0 amide bonds. The summed E-state index contributed by atoms with van der Waals surface area (Å²) in [4.78, 5) is 0. The van der Waals surface area contributed by atoms with E-state index in [1.54, 1.807) is 0 Å². The summed E-state index contributed by atoms with van der Waals surface area (Å²) >= 11 is 6.03. The van der Waals surface area contributed by atoms with E-state index in [1.807, 2.05) is 12.1 Å². The fourth-order valence-corrected chi connectivity index (χ4v) is 1.56. The first-order valence-corrected chi connectivity index (χ1v) is 5.58. The molecule has 0 saturated heterocycles. The van der Waals surface area contributed by atoms with Crippen LogP contribution < -0.4 is 5.32 Å². The molecule has 0 aliphatic heterocycles. The van der Waals surface area contributed by atoms with Gasteiger partial charge in [-0.3, -0.25) is 0 Å². The Bertz CT molecular complexity index is 284. The van der Waals surface area contributed by atoms with E-state index in [-0.39, 0.29) is 0 Å². The highest BCUT2D eigenvalue weighted by Crippen LogP contribution is 2.18. The second kappa shape index (κ2) is 6.05. The Labute approximate surface area is 91.5 Å². The minimum absolute atomic E-state index is 0.861. The molecule has 1 N–H and O–H groups in total. The largest absolute Gasteiger partial charge is 0.313 e. The number of hydrogen-bond acceptors (Lipinski definition) is 1. The van der Waals surface area contributed by atoms with Crippen LogP contribution in [0.4, 0.5) is 0 Å². The first-order valence-electron chi connectivity index (χ1n) is 5.20. The lowest BCUT2D eigenvalue weighted by Gasteiger charge is -2.08. The molecular formula is C12H18ClN. The molecule has 14 heavy (non-hydrogen) atoms. The Balaban J connectivity index is 2.46. The van der Waals surface area contributed by atoms with Crippen LogP contribution in [0.3, 0.4) is 0 Å². The lowest BCUT2D eigenvalue weighted by molar-refractivity contribution is 0.640. The quantitative estimate of drug-likeness (QED) is 0.735. The van der Waals surface area contributed by atoms with Crippen LogP contribution in [-0.2, 0) is 6.54 Å². The van der Waals surface area contributed by atoms with Crippen LogP contribution >= 0.6 is 11.6 Å². The van der Waals surface area contributed by atoms with E-state index >= 15 is 0 Å². The third-order valence-electron chi connectivity index (χ3n) is 2.40. The van der Waals surface area contributed by atoms with Crippen LogP contribution in [0.25, 0.3) is 0 Å². The van der Waals surface area contributed by atoms with E-state index in [2.05, 4.69) is 25.2 Å². The summed E-state index contributed by atoms with van der Waals surface area (Å²) in [6.07, 6.45) is 2.47. The zero-order valence-electron chi connectivity index (χ0n) is 8.94. The van der Waals surface area contributed by atoms with E-state index in [0.717, 1.165) is 18.1 Å². The van der Waals surface area contributed by atoms with Gasteiger partial charge in [0.25, 0.3) is 0 Å². The SMILES string of the molecule is CCCCNCc1cccc(Cl)c1C. The van der Waals surface area contributed by atoms with Gasteiger partial charge < -0.3 is 5.32 Å². The van der Waals surface area contributed by atoms with Gasteiger partial charge in [0, 0.05) is 11.6 Å². The second-order valence-electron chi connectivity index (χ2n) is 3.55. The molecule has 0 saturated carbocycles. The molecular weight excluding hydrogens is 194 g/mol. The molecule has 1 aromatic carbocycles. The van der Waals surface area contributed by atoms with Gasteiger partial charge in [0.1, 0.15) is 0 Å². The molecule has 0 aliphatic rings. The number of unbranched alkanes of at least 4 members (excludes halogenated alkanes) is 1. The predicted octanol–water partition coefficient (Wildman–Crippen LogP) is 3.54. The van der Waals surface area contributed by atoms with Crippen molar-refractivity contribution < 1.29 is 0 Å². The number of halogens is 1. The Morgan fingerprint density at radius 1 is 1.36 bits per heavy atom. The summed E-state index contributed by atoms with van der Waals surface area (Å²) in [5.74, 6) is 0. The van der Waals surface area contributed by atoms with E-state index in [9.17, 15) is 0 Å². The first kappa shape index (κ1) is 11.5.